The second-order valence-electron chi connectivity index (χ2n) is 7.11. The molecule has 0 bridgehead atoms. The molecule has 0 saturated heterocycles. The van der Waals surface area contributed by atoms with Crippen molar-refractivity contribution in [1.82, 2.24) is 9.97 Å². The van der Waals surface area contributed by atoms with Crippen LogP contribution in [0.1, 0.15) is 25.7 Å². The lowest BCUT2D eigenvalue weighted by atomic mass is 9.90. The molecule has 1 aromatic heterocycles. The smallest absolute Gasteiger partial charge is 0.412 e. The van der Waals surface area contributed by atoms with E-state index < -0.39 is 6.09 Å². The molecule has 150 valence electrons. The fourth-order valence-electron chi connectivity index (χ4n) is 3.61. The molecule has 2 aromatic rings. The summed E-state index contributed by atoms with van der Waals surface area (Å²) in [4.78, 5) is 24.1. The van der Waals surface area contributed by atoms with Crippen LogP contribution in [-0.4, -0.2) is 54.5 Å². The van der Waals surface area contributed by atoms with Crippen LogP contribution in [0.15, 0.2) is 36.5 Å². The zero-order valence-corrected chi connectivity index (χ0v) is 16.5. The van der Waals surface area contributed by atoms with Gasteiger partial charge in [0.25, 0.3) is 0 Å². The van der Waals surface area contributed by atoms with Gasteiger partial charge in [0.1, 0.15) is 11.6 Å². The van der Waals surface area contributed by atoms with Crippen molar-refractivity contribution < 1.29 is 14.6 Å². The fraction of sp³-hybridized carbons (Fsp3) is 0.450. The number of aromatic nitrogens is 2. The Hall–Kier alpha value is -3.03. The number of rotatable bonds is 6. The molecule has 2 N–H and O–H groups in total. The summed E-state index contributed by atoms with van der Waals surface area (Å²) in [7, 11) is 5.44. The Morgan fingerprint density at radius 1 is 1.18 bits per heavy atom. The zero-order valence-electron chi connectivity index (χ0n) is 16.5. The largest absolute Gasteiger partial charge is 0.495 e. The maximum absolute atomic E-state index is 12.0. The molecule has 1 amide bonds. The van der Waals surface area contributed by atoms with Gasteiger partial charge in [-0.3, -0.25) is 4.90 Å². The SMILES string of the molecule is COc1ccccc1N(C(=O)O)C1CCC(Nc2nccc(N(C)C)n2)CC1. The highest BCUT2D eigenvalue weighted by Gasteiger charge is 2.31. The molecule has 0 spiro atoms. The molecule has 1 aliphatic carbocycles. The summed E-state index contributed by atoms with van der Waals surface area (Å²) in [6.45, 7) is 0. The van der Waals surface area contributed by atoms with Gasteiger partial charge in [-0.2, -0.15) is 4.98 Å². The van der Waals surface area contributed by atoms with Crippen molar-refractivity contribution >= 4 is 23.5 Å². The number of benzene rings is 1. The minimum absolute atomic E-state index is 0.0825. The summed E-state index contributed by atoms with van der Waals surface area (Å²) >= 11 is 0. The first-order valence-corrected chi connectivity index (χ1v) is 9.41. The van der Waals surface area contributed by atoms with Crippen LogP contribution >= 0.6 is 0 Å². The van der Waals surface area contributed by atoms with E-state index in [1.807, 2.05) is 37.2 Å². The van der Waals surface area contributed by atoms with Crippen LogP contribution in [0, 0.1) is 0 Å². The molecule has 1 heterocycles. The molecular formula is C20H27N5O3. The summed E-state index contributed by atoms with van der Waals surface area (Å²) in [5.41, 5.74) is 0.593. The second kappa shape index (κ2) is 8.77. The minimum atomic E-state index is -0.956. The van der Waals surface area contributed by atoms with Gasteiger partial charge in [0, 0.05) is 32.4 Å². The molecule has 0 atom stereocenters. The Morgan fingerprint density at radius 3 is 2.54 bits per heavy atom. The third kappa shape index (κ3) is 4.44. The van der Waals surface area contributed by atoms with Gasteiger partial charge in [-0.15, -0.1) is 0 Å². The first kappa shape index (κ1) is 19.7. The predicted octanol–water partition coefficient (Wildman–Crippen LogP) is 3.46. The lowest BCUT2D eigenvalue weighted by Gasteiger charge is -2.36. The summed E-state index contributed by atoms with van der Waals surface area (Å²) in [6, 6.07) is 9.25. The topological polar surface area (TPSA) is 90.8 Å². The highest BCUT2D eigenvalue weighted by molar-refractivity contribution is 5.89. The molecule has 1 saturated carbocycles. The lowest BCUT2D eigenvalue weighted by Crippen LogP contribution is -2.43. The third-order valence-corrected chi connectivity index (χ3v) is 5.04. The van der Waals surface area contributed by atoms with E-state index in [9.17, 15) is 9.90 Å². The third-order valence-electron chi connectivity index (χ3n) is 5.04. The highest BCUT2D eigenvalue weighted by atomic mass is 16.5. The number of anilines is 3. The first-order valence-electron chi connectivity index (χ1n) is 9.41. The van der Waals surface area contributed by atoms with Gasteiger partial charge in [0.2, 0.25) is 5.95 Å². The molecule has 0 unspecified atom stereocenters. The van der Waals surface area contributed by atoms with Gasteiger partial charge in [0.05, 0.1) is 12.8 Å². The molecule has 1 aromatic carbocycles. The van der Waals surface area contributed by atoms with Crippen LogP contribution in [0.4, 0.5) is 22.2 Å². The van der Waals surface area contributed by atoms with Crippen LogP contribution in [-0.2, 0) is 0 Å². The number of carboxylic acid groups (broad SMARTS) is 1. The molecule has 0 radical (unpaired) electrons. The Labute approximate surface area is 165 Å². The molecule has 1 aliphatic rings. The summed E-state index contributed by atoms with van der Waals surface area (Å²) in [5.74, 6) is 2.02. The van der Waals surface area contributed by atoms with E-state index in [-0.39, 0.29) is 12.1 Å². The number of carbonyl (C=O) groups is 1. The summed E-state index contributed by atoms with van der Waals surface area (Å²) < 4.78 is 5.36. The van der Waals surface area contributed by atoms with Crippen molar-refractivity contribution in [2.24, 2.45) is 0 Å². The van der Waals surface area contributed by atoms with Gasteiger partial charge < -0.3 is 20.1 Å². The molecule has 8 heteroatoms. The lowest BCUT2D eigenvalue weighted by molar-refractivity contribution is 0.195. The number of hydrogen-bond acceptors (Lipinski definition) is 6. The quantitative estimate of drug-likeness (QED) is 0.787. The predicted molar refractivity (Wildman–Crippen MR) is 110 cm³/mol. The number of ether oxygens (including phenoxy) is 1. The Kier molecular flexibility index (Phi) is 6.18. The maximum Gasteiger partial charge on any atom is 0.412 e. The van der Waals surface area contributed by atoms with Crippen molar-refractivity contribution in [3.63, 3.8) is 0 Å². The molecule has 3 rings (SSSR count). The Balaban J connectivity index is 1.66. The first-order chi connectivity index (χ1) is 13.5. The molecule has 28 heavy (non-hydrogen) atoms. The van der Waals surface area contributed by atoms with Gasteiger partial charge in [-0.05, 0) is 43.9 Å². The number of amides is 1. The van der Waals surface area contributed by atoms with Crippen molar-refractivity contribution in [3.8, 4) is 5.75 Å². The van der Waals surface area contributed by atoms with Crippen LogP contribution in [0.25, 0.3) is 0 Å². The number of hydrogen-bond donors (Lipinski definition) is 2. The van der Waals surface area contributed by atoms with Gasteiger partial charge >= 0.3 is 6.09 Å². The monoisotopic (exact) mass is 385 g/mol. The van der Waals surface area contributed by atoms with Crippen LogP contribution in [0.3, 0.4) is 0 Å². The van der Waals surface area contributed by atoms with Crippen molar-refractivity contribution in [3.05, 3.63) is 36.5 Å². The van der Waals surface area contributed by atoms with Crippen molar-refractivity contribution in [1.29, 1.82) is 0 Å². The van der Waals surface area contributed by atoms with Crippen LogP contribution in [0.5, 0.6) is 5.75 Å². The number of para-hydroxylation sites is 2. The van der Waals surface area contributed by atoms with Gasteiger partial charge in [-0.25, -0.2) is 9.78 Å². The number of nitrogens with one attached hydrogen (secondary N) is 1. The average Bonchev–Trinajstić information content (AvgIpc) is 2.70. The molecule has 0 aliphatic heterocycles. The Morgan fingerprint density at radius 2 is 1.89 bits per heavy atom. The average molecular weight is 385 g/mol. The van der Waals surface area contributed by atoms with E-state index in [0.29, 0.717) is 17.4 Å². The van der Waals surface area contributed by atoms with Crippen LogP contribution < -0.4 is 19.9 Å². The van der Waals surface area contributed by atoms with E-state index >= 15 is 0 Å². The van der Waals surface area contributed by atoms with E-state index in [2.05, 4.69) is 15.3 Å². The van der Waals surface area contributed by atoms with Crippen molar-refractivity contribution in [2.45, 2.75) is 37.8 Å². The molecule has 1 fully saturated rings. The minimum Gasteiger partial charge on any atom is -0.495 e. The van der Waals surface area contributed by atoms with Crippen molar-refractivity contribution in [2.75, 3.05) is 36.3 Å². The maximum atomic E-state index is 12.0. The second-order valence-corrected chi connectivity index (χ2v) is 7.11. The molecule has 8 nitrogen and oxygen atoms in total. The standard InChI is InChI=1S/C20H27N5O3/c1-24(2)18-12-13-21-19(23-18)22-14-8-10-15(11-9-14)25(20(26)27)16-6-4-5-7-17(16)28-3/h4-7,12-15H,8-11H2,1-3H3,(H,26,27)(H,21,22,23). The fourth-order valence-corrected chi connectivity index (χ4v) is 3.61. The summed E-state index contributed by atoms with van der Waals surface area (Å²) in [5, 5.41) is 13.2. The van der Waals surface area contributed by atoms with E-state index in [0.717, 1.165) is 31.5 Å². The normalized spacial score (nSPS) is 19.0. The van der Waals surface area contributed by atoms with Crippen LogP contribution in [0.2, 0.25) is 0 Å². The van der Waals surface area contributed by atoms with E-state index in [1.165, 1.54) is 4.90 Å². The Bertz CT molecular complexity index is 806. The van der Waals surface area contributed by atoms with Gasteiger partial charge in [0.15, 0.2) is 0 Å². The van der Waals surface area contributed by atoms with E-state index in [1.54, 1.807) is 25.4 Å². The molecular weight excluding hydrogens is 358 g/mol. The van der Waals surface area contributed by atoms with E-state index in [4.69, 9.17) is 4.74 Å². The number of methoxy groups -OCH3 is 1. The van der Waals surface area contributed by atoms with Gasteiger partial charge in [-0.1, -0.05) is 12.1 Å². The zero-order chi connectivity index (χ0) is 20.1. The highest BCUT2D eigenvalue weighted by Crippen LogP contribution is 2.34. The summed E-state index contributed by atoms with van der Waals surface area (Å²) in [6.07, 6.45) is 4.00. The number of nitrogens with zero attached hydrogens (tertiary/aromatic N) is 4.